The Bertz CT molecular complexity index is 1260. The predicted octanol–water partition coefficient (Wildman–Crippen LogP) is 10.5. The second-order valence-corrected chi connectivity index (χ2v) is 38.4. The van der Waals surface area contributed by atoms with E-state index in [-0.39, 0.29) is 0 Å². The normalized spacial score (nSPS) is 13.6. The van der Waals surface area contributed by atoms with Crippen LogP contribution >= 0.6 is 0 Å². The van der Waals surface area contributed by atoms with Crippen LogP contribution in [-0.4, -0.2) is 50.9 Å². The summed E-state index contributed by atoms with van der Waals surface area (Å²) in [5.41, 5.74) is 2.89. The standard InChI is InChI=1S/C34H63NO5Si6/c1-14-15-16-17-18-19-20-29-41(2,3)36-43(6,7)38-45(10,11)40-46(12,13)39-44(8,9)37-42(4,5)34-27-25-33(26-28-34)32-23-21-31(30-35)22-24-32/h21-28H,14-20,29H2,1-13H3. The maximum atomic E-state index is 9.10. The summed E-state index contributed by atoms with van der Waals surface area (Å²) in [6.07, 6.45) is 9.28. The van der Waals surface area contributed by atoms with Crippen molar-refractivity contribution >= 4 is 56.1 Å². The Kier molecular flexibility index (Phi) is 15.3. The molecular weight excluding hydrogens is 671 g/mol. The van der Waals surface area contributed by atoms with E-state index in [1.54, 1.807) is 0 Å². The van der Waals surface area contributed by atoms with Crippen molar-refractivity contribution in [1.29, 1.82) is 5.26 Å². The van der Waals surface area contributed by atoms with E-state index in [1.807, 2.05) is 24.3 Å². The fraction of sp³-hybridized carbons (Fsp3) is 0.618. The van der Waals surface area contributed by atoms with Gasteiger partial charge in [-0.05, 0) is 113 Å². The zero-order valence-corrected chi connectivity index (χ0v) is 37.3. The maximum Gasteiger partial charge on any atom is 0.314 e. The van der Waals surface area contributed by atoms with E-state index in [4.69, 9.17) is 25.8 Å². The monoisotopic (exact) mass is 733 g/mol. The Morgan fingerprint density at radius 1 is 0.500 bits per heavy atom. The lowest BCUT2D eigenvalue weighted by molar-refractivity contribution is 0.282. The van der Waals surface area contributed by atoms with Crippen molar-refractivity contribution in [2.75, 3.05) is 0 Å². The molecule has 2 rings (SSSR count). The Balaban J connectivity index is 1.97. The topological polar surface area (TPSA) is 69.9 Å². The van der Waals surface area contributed by atoms with Crippen LogP contribution in [-0.2, 0) is 20.6 Å². The van der Waals surface area contributed by atoms with Gasteiger partial charge in [0.05, 0.1) is 11.6 Å². The van der Waals surface area contributed by atoms with Crippen LogP contribution in [0.1, 0.15) is 57.4 Å². The molecule has 0 fully saturated rings. The molecule has 0 aliphatic heterocycles. The van der Waals surface area contributed by atoms with Crippen LogP contribution in [0.15, 0.2) is 48.5 Å². The second-order valence-electron chi connectivity index (χ2n) is 15.5. The first-order chi connectivity index (χ1) is 21.1. The van der Waals surface area contributed by atoms with Gasteiger partial charge in [0.2, 0.25) is 8.32 Å². The lowest BCUT2D eigenvalue weighted by Crippen LogP contribution is -2.61. The molecule has 0 saturated carbocycles. The number of unbranched alkanes of at least 4 members (excludes halogenated alkanes) is 6. The average Bonchev–Trinajstić information content (AvgIpc) is 2.89. The highest BCUT2D eigenvalue weighted by atomic mass is 28.5. The summed E-state index contributed by atoms with van der Waals surface area (Å²) in [7, 11) is -14.2. The summed E-state index contributed by atoms with van der Waals surface area (Å²) >= 11 is 0. The third-order valence-corrected chi connectivity index (χ3v) is 31.1. The fourth-order valence-corrected chi connectivity index (χ4v) is 36.1. The second kappa shape index (κ2) is 17.1. The zero-order chi connectivity index (χ0) is 34.9. The summed E-state index contributed by atoms with van der Waals surface area (Å²) in [6, 6.07) is 19.7. The SMILES string of the molecule is CCCCCCCCC[Si](C)(C)O[Si](C)(C)O[Si](C)(C)O[Si](C)(C)O[Si](C)(C)O[Si](C)(C)c1ccc(-c2ccc(C#N)cc2)cc1. The lowest BCUT2D eigenvalue weighted by atomic mass is 10.0. The minimum atomic E-state index is -2.58. The molecular formula is C34H63NO5Si6. The van der Waals surface area contributed by atoms with E-state index >= 15 is 0 Å². The minimum absolute atomic E-state index is 0.668. The van der Waals surface area contributed by atoms with Crippen molar-refractivity contribution in [1.82, 2.24) is 0 Å². The average molecular weight is 734 g/mol. The van der Waals surface area contributed by atoms with Gasteiger partial charge < -0.3 is 20.6 Å². The first-order valence-electron chi connectivity index (χ1n) is 17.2. The van der Waals surface area contributed by atoms with Crippen LogP contribution in [0.25, 0.3) is 11.1 Å². The fourth-order valence-electron chi connectivity index (χ4n) is 6.56. The molecule has 46 heavy (non-hydrogen) atoms. The minimum Gasteiger partial charge on any atom is -0.436 e. The van der Waals surface area contributed by atoms with E-state index in [2.05, 4.69) is 116 Å². The first-order valence-corrected chi connectivity index (χ1v) is 34.5. The van der Waals surface area contributed by atoms with Crippen molar-refractivity contribution in [2.45, 2.75) is 136 Å². The summed E-state index contributed by atoms with van der Waals surface area (Å²) in [5.74, 6) is 0. The van der Waals surface area contributed by atoms with Crippen LogP contribution in [0.5, 0.6) is 0 Å². The Hall–Kier alpha value is -0.969. The first kappa shape index (κ1) is 41.2. The van der Waals surface area contributed by atoms with Crippen molar-refractivity contribution in [3.8, 4) is 17.2 Å². The molecule has 0 saturated heterocycles. The largest absolute Gasteiger partial charge is 0.436 e. The molecule has 258 valence electrons. The number of hydrogen-bond acceptors (Lipinski definition) is 6. The molecule has 0 radical (unpaired) electrons. The Labute approximate surface area is 288 Å². The molecule has 0 aliphatic rings. The molecule has 0 bridgehead atoms. The summed E-state index contributed by atoms with van der Waals surface area (Å²) < 4.78 is 34.2. The van der Waals surface area contributed by atoms with Crippen LogP contribution in [0.3, 0.4) is 0 Å². The van der Waals surface area contributed by atoms with Crippen molar-refractivity contribution in [3.63, 3.8) is 0 Å². The van der Waals surface area contributed by atoms with E-state index in [1.165, 1.54) is 56.2 Å². The molecule has 0 aliphatic carbocycles. The van der Waals surface area contributed by atoms with Gasteiger partial charge in [-0.1, -0.05) is 88.3 Å². The third kappa shape index (κ3) is 15.1. The highest BCUT2D eigenvalue weighted by Gasteiger charge is 2.47. The number of nitriles is 1. The number of benzene rings is 2. The molecule has 0 amide bonds. The third-order valence-electron chi connectivity index (χ3n) is 7.81. The maximum absolute atomic E-state index is 9.10. The Morgan fingerprint density at radius 3 is 1.35 bits per heavy atom. The molecule has 0 atom stereocenters. The summed E-state index contributed by atoms with van der Waals surface area (Å²) in [4.78, 5) is 0. The van der Waals surface area contributed by atoms with Gasteiger partial charge in [-0.2, -0.15) is 5.26 Å². The molecule has 6 nitrogen and oxygen atoms in total. The van der Waals surface area contributed by atoms with Crippen molar-refractivity contribution in [3.05, 3.63) is 54.1 Å². The van der Waals surface area contributed by atoms with Crippen LogP contribution in [0.4, 0.5) is 0 Å². The number of rotatable bonds is 20. The van der Waals surface area contributed by atoms with Gasteiger partial charge in [0.25, 0.3) is 0 Å². The number of nitrogens with zero attached hydrogens (tertiary/aromatic N) is 1. The van der Waals surface area contributed by atoms with Crippen LogP contribution < -0.4 is 5.19 Å². The molecule has 2 aromatic carbocycles. The Morgan fingerprint density at radius 2 is 0.891 bits per heavy atom. The van der Waals surface area contributed by atoms with E-state index in [9.17, 15) is 0 Å². The smallest absolute Gasteiger partial charge is 0.314 e. The molecule has 0 aromatic heterocycles. The predicted molar refractivity (Wildman–Crippen MR) is 209 cm³/mol. The van der Waals surface area contributed by atoms with Gasteiger partial charge in [0, 0.05) is 0 Å². The quantitative estimate of drug-likeness (QED) is 0.0997. The van der Waals surface area contributed by atoms with Gasteiger partial charge in [-0.25, -0.2) is 0 Å². The van der Waals surface area contributed by atoms with Crippen molar-refractivity contribution in [2.24, 2.45) is 0 Å². The molecule has 0 unspecified atom stereocenters. The van der Waals surface area contributed by atoms with Gasteiger partial charge in [0.15, 0.2) is 8.32 Å². The molecule has 12 heteroatoms. The summed E-state index contributed by atoms with van der Waals surface area (Å²) in [5, 5.41) is 10.3. The summed E-state index contributed by atoms with van der Waals surface area (Å²) in [6.45, 7) is 28.6. The molecule has 0 heterocycles. The molecule has 0 spiro atoms. The highest BCUT2D eigenvalue weighted by molar-refractivity contribution is 6.94. The van der Waals surface area contributed by atoms with Gasteiger partial charge >= 0.3 is 34.2 Å². The molecule has 2 aromatic rings. The van der Waals surface area contributed by atoms with Crippen molar-refractivity contribution < 1.29 is 20.6 Å². The van der Waals surface area contributed by atoms with Gasteiger partial charge in [0.1, 0.15) is 0 Å². The lowest BCUT2D eigenvalue weighted by Gasteiger charge is -2.43. The van der Waals surface area contributed by atoms with E-state index in [0.717, 1.165) is 11.1 Å². The van der Waals surface area contributed by atoms with E-state index < -0.39 is 50.9 Å². The molecule has 0 N–H and O–H groups in total. The number of hydrogen-bond donors (Lipinski definition) is 0. The van der Waals surface area contributed by atoms with Gasteiger partial charge in [-0.15, -0.1) is 0 Å². The highest BCUT2D eigenvalue weighted by Crippen LogP contribution is 2.29. The van der Waals surface area contributed by atoms with Crippen LogP contribution in [0, 0.1) is 11.3 Å². The van der Waals surface area contributed by atoms with Crippen LogP contribution in [0.2, 0.25) is 84.6 Å². The zero-order valence-electron chi connectivity index (χ0n) is 31.3. The van der Waals surface area contributed by atoms with E-state index in [0.29, 0.717) is 5.56 Å². The van der Waals surface area contributed by atoms with Gasteiger partial charge in [-0.3, -0.25) is 0 Å².